The fourth-order valence-corrected chi connectivity index (χ4v) is 3.90. The van der Waals surface area contributed by atoms with Gasteiger partial charge in [-0.15, -0.1) is 17.4 Å². The summed E-state index contributed by atoms with van der Waals surface area (Å²) in [6.45, 7) is 1.03. The van der Waals surface area contributed by atoms with E-state index in [9.17, 15) is 4.79 Å². The number of furan rings is 1. The summed E-state index contributed by atoms with van der Waals surface area (Å²) >= 11 is 7.28. The van der Waals surface area contributed by atoms with E-state index in [1.54, 1.807) is 29.2 Å². The van der Waals surface area contributed by atoms with Gasteiger partial charge in [0.05, 0.1) is 15.8 Å². The van der Waals surface area contributed by atoms with Crippen LogP contribution in [0.4, 0.5) is 5.69 Å². The molecule has 0 saturated heterocycles. The normalized spacial score (nSPS) is 10.4. The van der Waals surface area contributed by atoms with Gasteiger partial charge in [-0.2, -0.15) is 6.07 Å². The van der Waals surface area contributed by atoms with Crippen LogP contribution in [0, 0.1) is 6.26 Å². The maximum Gasteiger partial charge on any atom is 0.268 e. The van der Waals surface area contributed by atoms with Crippen molar-refractivity contribution < 1.29 is 51.4 Å². The molecule has 1 amide bonds. The number of carbonyl (C=O) groups is 1. The Kier molecular flexibility index (Phi) is 9.51. The first kappa shape index (κ1) is 24.7. The molecule has 0 fully saturated rings. The SMILES string of the molecule is O=C(c1ccc(Cl)s1)N(CCOCc1cc[c-]o1)c1ccc(Oc2ccccc2)cc1.[Y]. The molecule has 1 radical (unpaired) electrons. The number of nitrogens with zero attached hydrogens (tertiary/aromatic N) is 1. The van der Waals surface area contributed by atoms with Gasteiger partial charge in [0.25, 0.3) is 5.91 Å². The predicted octanol–water partition coefficient (Wildman–Crippen LogP) is 6.45. The Hall–Kier alpha value is -1.96. The van der Waals surface area contributed by atoms with Gasteiger partial charge < -0.3 is 18.8 Å². The number of thiophene rings is 1. The van der Waals surface area contributed by atoms with Gasteiger partial charge in [-0.3, -0.25) is 4.79 Å². The van der Waals surface area contributed by atoms with Crippen LogP contribution in [0.25, 0.3) is 0 Å². The number of carbonyl (C=O) groups excluding carboxylic acids is 1. The Bertz CT molecular complexity index is 1100. The number of amides is 1. The van der Waals surface area contributed by atoms with E-state index in [4.69, 9.17) is 25.5 Å². The van der Waals surface area contributed by atoms with Crippen molar-refractivity contribution in [3.63, 3.8) is 0 Å². The summed E-state index contributed by atoms with van der Waals surface area (Å²) in [4.78, 5) is 15.4. The van der Waals surface area contributed by atoms with E-state index >= 15 is 0 Å². The van der Waals surface area contributed by atoms with Gasteiger partial charge >= 0.3 is 0 Å². The van der Waals surface area contributed by atoms with Crippen molar-refractivity contribution >= 4 is 34.5 Å². The first-order chi connectivity index (χ1) is 15.2. The summed E-state index contributed by atoms with van der Waals surface area (Å²) in [5.41, 5.74) is 0.741. The van der Waals surface area contributed by atoms with Crippen LogP contribution in [0.2, 0.25) is 4.34 Å². The van der Waals surface area contributed by atoms with E-state index in [2.05, 4.69) is 6.26 Å². The Balaban J connectivity index is 0.00000289. The number of halogens is 1. The van der Waals surface area contributed by atoms with Crippen LogP contribution < -0.4 is 9.64 Å². The number of hydrogen-bond acceptors (Lipinski definition) is 5. The van der Waals surface area contributed by atoms with E-state index in [-0.39, 0.29) is 38.6 Å². The molecule has 8 heteroatoms. The number of para-hydroxylation sites is 1. The fraction of sp³-hybridized carbons (Fsp3) is 0.125. The van der Waals surface area contributed by atoms with E-state index in [0.717, 1.165) is 11.4 Å². The summed E-state index contributed by atoms with van der Waals surface area (Å²) in [5, 5.41) is 0. The molecular formula is C24H19ClNO4SY-. The molecule has 2 aromatic heterocycles. The van der Waals surface area contributed by atoms with E-state index < -0.39 is 0 Å². The molecule has 4 aromatic rings. The average Bonchev–Trinajstić information content (AvgIpc) is 3.47. The molecule has 161 valence electrons. The molecule has 0 saturated carbocycles. The van der Waals surface area contributed by atoms with Gasteiger partial charge in [0.1, 0.15) is 11.5 Å². The number of benzene rings is 2. The van der Waals surface area contributed by atoms with Crippen molar-refractivity contribution in [1.29, 1.82) is 0 Å². The third kappa shape index (κ3) is 6.77. The molecule has 0 bridgehead atoms. The molecule has 2 heterocycles. The zero-order chi connectivity index (χ0) is 21.5. The summed E-state index contributed by atoms with van der Waals surface area (Å²) in [6, 6.07) is 23.9. The summed E-state index contributed by atoms with van der Waals surface area (Å²) in [5.74, 6) is 1.99. The second-order valence-corrected chi connectivity index (χ2v) is 8.26. The smallest absolute Gasteiger partial charge is 0.268 e. The van der Waals surface area contributed by atoms with Crippen LogP contribution in [-0.4, -0.2) is 19.1 Å². The molecule has 0 aliphatic carbocycles. The van der Waals surface area contributed by atoms with Gasteiger partial charge in [0, 0.05) is 51.5 Å². The van der Waals surface area contributed by atoms with Crippen molar-refractivity contribution in [3.8, 4) is 11.5 Å². The topological polar surface area (TPSA) is 51.9 Å². The summed E-state index contributed by atoms with van der Waals surface area (Å²) in [7, 11) is 0. The monoisotopic (exact) mass is 541 g/mol. The van der Waals surface area contributed by atoms with E-state index in [1.165, 1.54) is 11.3 Å². The van der Waals surface area contributed by atoms with Gasteiger partial charge in [-0.25, -0.2) is 0 Å². The first-order valence-corrected chi connectivity index (χ1v) is 10.8. The van der Waals surface area contributed by atoms with Crippen LogP contribution in [0.5, 0.6) is 11.5 Å². The van der Waals surface area contributed by atoms with Crippen molar-refractivity contribution in [2.45, 2.75) is 6.61 Å². The van der Waals surface area contributed by atoms with Gasteiger partial charge in [-0.1, -0.05) is 29.8 Å². The van der Waals surface area contributed by atoms with Crippen LogP contribution in [-0.2, 0) is 44.1 Å². The third-order valence-corrected chi connectivity index (χ3v) is 5.61. The minimum atomic E-state index is -0.136. The molecule has 0 atom stereocenters. The van der Waals surface area contributed by atoms with Crippen molar-refractivity contribution in [2.75, 3.05) is 18.1 Å². The first-order valence-electron chi connectivity index (χ1n) is 9.62. The van der Waals surface area contributed by atoms with Gasteiger partial charge in [0.15, 0.2) is 0 Å². The van der Waals surface area contributed by atoms with Gasteiger partial charge in [0.2, 0.25) is 0 Å². The molecule has 32 heavy (non-hydrogen) atoms. The van der Waals surface area contributed by atoms with Crippen molar-refractivity contribution in [1.82, 2.24) is 0 Å². The van der Waals surface area contributed by atoms with Crippen LogP contribution >= 0.6 is 22.9 Å². The second kappa shape index (κ2) is 12.3. The largest absolute Gasteiger partial charge is 0.593 e. The second-order valence-electron chi connectivity index (χ2n) is 6.54. The molecule has 4 rings (SSSR count). The maximum absolute atomic E-state index is 13.1. The summed E-state index contributed by atoms with van der Waals surface area (Å²) < 4.78 is 17.2. The molecule has 0 aliphatic heterocycles. The van der Waals surface area contributed by atoms with Crippen molar-refractivity contribution in [2.24, 2.45) is 0 Å². The predicted molar refractivity (Wildman–Crippen MR) is 121 cm³/mol. The standard InChI is InChI=1S/C24H19ClNO4S.Y/c25-23-13-12-22(31-23)24(27)26(14-16-28-17-21-7-4-15-29-21)18-8-10-20(11-9-18)30-19-5-2-1-3-6-19;/h1-13H,14,16-17H2;/q-1;. The molecule has 0 aliphatic rings. The minimum Gasteiger partial charge on any atom is -0.593 e. The van der Waals surface area contributed by atoms with Crippen LogP contribution in [0.15, 0.2) is 83.3 Å². The minimum absolute atomic E-state index is 0. The van der Waals surface area contributed by atoms with E-state index in [0.29, 0.717) is 40.5 Å². The number of ether oxygens (including phenoxy) is 2. The maximum atomic E-state index is 13.1. The van der Waals surface area contributed by atoms with E-state index in [1.807, 2.05) is 54.6 Å². The molecule has 5 nitrogen and oxygen atoms in total. The fourth-order valence-electron chi connectivity index (χ4n) is 2.91. The molecule has 0 N–H and O–H groups in total. The summed E-state index contributed by atoms with van der Waals surface area (Å²) in [6.07, 6.45) is 2.63. The number of anilines is 1. The zero-order valence-electron chi connectivity index (χ0n) is 17.1. The number of rotatable bonds is 9. The van der Waals surface area contributed by atoms with Crippen LogP contribution in [0.1, 0.15) is 15.4 Å². The van der Waals surface area contributed by atoms with Crippen LogP contribution in [0.3, 0.4) is 0 Å². The third-order valence-electron chi connectivity index (χ3n) is 4.39. The molecule has 2 aromatic carbocycles. The Morgan fingerprint density at radius 3 is 2.41 bits per heavy atom. The average molecular weight is 542 g/mol. The van der Waals surface area contributed by atoms with Gasteiger partial charge in [-0.05, 0) is 60.6 Å². The zero-order valence-corrected chi connectivity index (χ0v) is 21.5. The number of hydrogen-bond donors (Lipinski definition) is 0. The molecule has 0 spiro atoms. The molecule has 0 unspecified atom stereocenters. The Labute approximate surface area is 220 Å². The van der Waals surface area contributed by atoms with Crippen molar-refractivity contribution in [3.05, 3.63) is 100 Å². The Morgan fingerprint density at radius 1 is 1.00 bits per heavy atom. The molecular weight excluding hydrogens is 523 g/mol. The quantitative estimate of drug-likeness (QED) is 0.181. The Morgan fingerprint density at radius 2 is 1.75 bits per heavy atom.